The highest BCUT2D eigenvalue weighted by molar-refractivity contribution is 9.10. The zero-order chi connectivity index (χ0) is 22.5. The number of fused-ring (bicyclic) bond motifs is 3. The SMILES string of the molecule is COc1ccc(/C=c2/sc3n(c2=O)[C@@H](c2cccs2)C2=C(N=3)c3ccccc3CC2)cc1Br. The lowest BCUT2D eigenvalue weighted by atomic mass is 9.85. The van der Waals surface area contributed by atoms with Crippen LogP contribution in [0.4, 0.5) is 0 Å². The van der Waals surface area contributed by atoms with Gasteiger partial charge < -0.3 is 4.74 Å². The molecule has 33 heavy (non-hydrogen) atoms. The van der Waals surface area contributed by atoms with Gasteiger partial charge in [-0.25, -0.2) is 4.99 Å². The average molecular weight is 535 g/mol. The molecule has 4 nitrogen and oxygen atoms in total. The van der Waals surface area contributed by atoms with Gasteiger partial charge in [-0.05, 0) is 75.1 Å². The topological polar surface area (TPSA) is 43.6 Å². The third-order valence-electron chi connectivity index (χ3n) is 6.16. The molecule has 2 aromatic heterocycles. The van der Waals surface area contributed by atoms with E-state index in [0.29, 0.717) is 4.53 Å². The van der Waals surface area contributed by atoms with E-state index < -0.39 is 0 Å². The summed E-state index contributed by atoms with van der Waals surface area (Å²) in [7, 11) is 1.64. The molecule has 0 unspecified atom stereocenters. The lowest BCUT2D eigenvalue weighted by molar-refractivity contribution is 0.412. The molecule has 4 aromatic rings. The van der Waals surface area contributed by atoms with Crippen molar-refractivity contribution in [2.45, 2.75) is 18.9 Å². The second-order valence-electron chi connectivity index (χ2n) is 8.02. The van der Waals surface area contributed by atoms with E-state index in [1.807, 2.05) is 28.8 Å². The number of methoxy groups -OCH3 is 1. The van der Waals surface area contributed by atoms with Crippen LogP contribution in [0.25, 0.3) is 11.8 Å². The first-order valence-corrected chi connectivity index (χ1v) is 13.1. The van der Waals surface area contributed by atoms with E-state index in [0.717, 1.165) is 39.1 Å². The molecule has 3 heterocycles. The van der Waals surface area contributed by atoms with E-state index in [-0.39, 0.29) is 11.6 Å². The van der Waals surface area contributed by atoms with Crippen molar-refractivity contribution in [2.75, 3.05) is 7.11 Å². The van der Waals surface area contributed by atoms with Gasteiger partial charge in [0.25, 0.3) is 5.56 Å². The first kappa shape index (κ1) is 20.8. The smallest absolute Gasteiger partial charge is 0.271 e. The van der Waals surface area contributed by atoms with Crippen molar-refractivity contribution in [1.82, 2.24) is 4.57 Å². The molecule has 0 amide bonds. The minimum Gasteiger partial charge on any atom is -0.496 e. The molecule has 2 aromatic carbocycles. The molecular formula is C26H19BrN2O2S2. The number of thiazole rings is 1. The van der Waals surface area contributed by atoms with Crippen LogP contribution in [-0.4, -0.2) is 11.7 Å². The molecular weight excluding hydrogens is 516 g/mol. The monoisotopic (exact) mass is 534 g/mol. The second kappa shape index (κ2) is 8.24. The lowest BCUT2D eigenvalue weighted by Crippen LogP contribution is -2.38. The number of hydrogen-bond donors (Lipinski definition) is 0. The number of aryl methyl sites for hydroxylation is 1. The molecule has 1 atom stereocenters. The number of thiophene rings is 1. The summed E-state index contributed by atoms with van der Waals surface area (Å²) in [4.78, 5) is 20.7. The summed E-state index contributed by atoms with van der Waals surface area (Å²) < 4.78 is 8.77. The molecule has 1 aliphatic carbocycles. The molecule has 0 saturated carbocycles. The summed E-state index contributed by atoms with van der Waals surface area (Å²) in [6, 6.07) is 18.4. The standard InChI is InChI=1S/C26H19BrN2O2S2/c1-31-20-11-8-15(13-19(20)27)14-22-25(30)29-24(21-7-4-12-32-21)18-10-9-16-5-2-3-6-17(16)23(18)28-26(29)33-22/h2-8,11-14,24H,9-10H2,1H3/b22-14+/t24-/m1/s1. The van der Waals surface area contributed by atoms with Crippen LogP contribution in [0.3, 0.4) is 0 Å². The Hall–Kier alpha value is -2.74. The zero-order valence-corrected chi connectivity index (χ0v) is 21.0. The molecule has 2 aliphatic rings. The molecule has 1 aliphatic heterocycles. The maximum Gasteiger partial charge on any atom is 0.271 e. The Morgan fingerprint density at radius 2 is 2.03 bits per heavy atom. The summed E-state index contributed by atoms with van der Waals surface area (Å²) in [6.07, 6.45) is 3.82. The first-order chi connectivity index (χ1) is 16.1. The van der Waals surface area contributed by atoms with Crippen molar-refractivity contribution in [3.8, 4) is 5.75 Å². The minimum absolute atomic E-state index is 0.00880. The van der Waals surface area contributed by atoms with Gasteiger partial charge in [-0.2, -0.15) is 0 Å². The molecule has 0 radical (unpaired) electrons. The number of ether oxygens (including phenoxy) is 1. The Labute approximate surface area is 207 Å². The van der Waals surface area contributed by atoms with Crippen LogP contribution >= 0.6 is 38.6 Å². The van der Waals surface area contributed by atoms with Gasteiger partial charge in [0.1, 0.15) is 5.75 Å². The molecule has 0 saturated heterocycles. The highest BCUT2D eigenvalue weighted by Gasteiger charge is 2.32. The van der Waals surface area contributed by atoms with Gasteiger partial charge in [-0.1, -0.05) is 47.7 Å². The molecule has 0 N–H and O–H groups in total. The first-order valence-electron chi connectivity index (χ1n) is 10.6. The van der Waals surface area contributed by atoms with Crippen molar-refractivity contribution in [2.24, 2.45) is 4.99 Å². The van der Waals surface area contributed by atoms with Gasteiger partial charge in [0.15, 0.2) is 4.80 Å². The van der Waals surface area contributed by atoms with Gasteiger partial charge >= 0.3 is 0 Å². The fraction of sp³-hybridized carbons (Fsp3) is 0.154. The number of benzene rings is 2. The Morgan fingerprint density at radius 3 is 2.82 bits per heavy atom. The largest absolute Gasteiger partial charge is 0.496 e. The molecule has 164 valence electrons. The van der Waals surface area contributed by atoms with Crippen LogP contribution in [-0.2, 0) is 6.42 Å². The predicted molar refractivity (Wildman–Crippen MR) is 138 cm³/mol. The van der Waals surface area contributed by atoms with Gasteiger partial charge in [-0.15, -0.1) is 11.3 Å². The maximum absolute atomic E-state index is 13.7. The third-order valence-corrected chi connectivity index (χ3v) is 8.69. The lowest BCUT2D eigenvalue weighted by Gasteiger charge is -2.30. The van der Waals surface area contributed by atoms with Crippen molar-refractivity contribution < 1.29 is 4.74 Å². The quantitative estimate of drug-likeness (QED) is 0.364. The Balaban J connectivity index is 1.59. The summed E-state index contributed by atoms with van der Waals surface area (Å²) in [5.41, 5.74) is 5.74. The second-order valence-corrected chi connectivity index (χ2v) is 10.9. The Kier molecular flexibility index (Phi) is 5.20. The van der Waals surface area contributed by atoms with Crippen molar-refractivity contribution >= 4 is 50.4 Å². The van der Waals surface area contributed by atoms with Crippen LogP contribution in [0.15, 0.2) is 79.8 Å². The van der Waals surface area contributed by atoms with E-state index in [2.05, 4.69) is 57.7 Å². The van der Waals surface area contributed by atoms with Crippen LogP contribution in [0.5, 0.6) is 5.75 Å². The summed E-state index contributed by atoms with van der Waals surface area (Å²) in [5, 5.41) is 2.08. The van der Waals surface area contributed by atoms with Crippen molar-refractivity contribution in [3.63, 3.8) is 0 Å². The highest BCUT2D eigenvalue weighted by Crippen LogP contribution is 2.42. The van der Waals surface area contributed by atoms with E-state index in [4.69, 9.17) is 9.73 Å². The highest BCUT2D eigenvalue weighted by atomic mass is 79.9. The third kappa shape index (κ3) is 3.46. The zero-order valence-electron chi connectivity index (χ0n) is 17.7. The van der Waals surface area contributed by atoms with Crippen LogP contribution in [0.1, 0.15) is 34.0 Å². The van der Waals surface area contributed by atoms with Crippen LogP contribution in [0.2, 0.25) is 0 Å². The predicted octanol–water partition coefficient (Wildman–Crippen LogP) is 5.15. The molecule has 6 rings (SSSR count). The summed E-state index contributed by atoms with van der Waals surface area (Å²) in [6.45, 7) is 0. The fourth-order valence-corrected chi connectivity index (χ4v) is 7.05. The van der Waals surface area contributed by atoms with Gasteiger partial charge in [-0.3, -0.25) is 9.36 Å². The molecule has 0 spiro atoms. The number of aromatic nitrogens is 1. The minimum atomic E-state index is -0.102. The maximum atomic E-state index is 13.7. The fourth-order valence-electron chi connectivity index (χ4n) is 4.64. The Bertz CT molecular complexity index is 1600. The van der Waals surface area contributed by atoms with Crippen molar-refractivity contribution in [3.05, 3.63) is 111 Å². The number of allylic oxidation sites excluding steroid dienone is 1. The average Bonchev–Trinajstić information content (AvgIpc) is 3.46. The van der Waals surface area contributed by atoms with E-state index in [1.165, 1.54) is 32.9 Å². The molecule has 0 bridgehead atoms. The van der Waals surface area contributed by atoms with Gasteiger partial charge in [0.2, 0.25) is 0 Å². The van der Waals surface area contributed by atoms with Gasteiger partial charge in [0.05, 0.1) is 27.9 Å². The van der Waals surface area contributed by atoms with E-state index >= 15 is 0 Å². The molecule has 0 fully saturated rings. The van der Waals surface area contributed by atoms with Gasteiger partial charge in [0, 0.05) is 10.4 Å². The number of hydrogen-bond acceptors (Lipinski definition) is 5. The Morgan fingerprint density at radius 1 is 1.15 bits per heavy atom. The molecule has 7 heteroatoms. The normalized spacial score (nSPS) is 17.3. The van der Waals surface area contributed by atoms with Crippen LogP contribution < -0.4 is 19.6 Å². The van der Waals surface area contributed by atoms with E-state index in [9.17, 15) is 4.79 Å². The van der Waals surface area contributed by atoms with Crippen LogP contribution in [0, 0.1) is 0 Å². The number of nitrogens with zero attached hydrogens (tertiary/aromatic N) is 2. The summed E-state index contributed by atoms with van der Waals surface area (Å²) in [5.74, 6) is 0.762. The summed E-state index contributed by atoms with van der Waals surface area (Å²) >= 11 is 6.69. The number of halogens is 1. The van der Waals surface area contributed by atoms with E-state index in [1.54, 1.807) is 18.4 Å². The van der Waals surface area contributed by atoms with Crippen molar-refractivity contribution in [1.29, 1.82) is 0 Å². The number of rotatable bonds is 3.